The minimum atomic E-state index is -4.02. The molecule has 0 aromatic heterocycles. The van der Waals surface area contributed by atoms with Crippen molar-refractivity contribution in [2.24, 2.45) is 0 Å². The molecule has 0 spiro atoms. The summed E-state index contributed by atoms with van der Waals surface area (Å²) in [5, 5.41) is 3.62. The lowest BCUT2D eigenvalue weighted by Gasteiger charge is -2.24. The second-order valence-corrected chi connectivity index (χ2v) is 11.5. The maximum atomic E-state index is 13.5. The molecule has 1 saturated carbocycles. The molecule has 7 nitrogen and oxygen atoms in total. The molecule has 1 amide bonds. The Bertz CT molecular complexity index is 1020. The van der Waals surface area contributed by atoms with Gasteiger partial charge in [0.2, 0.25) is 5.91 Å². The summed E-state index contributed by atoms with van der Waals surface area (Å²) in [5.74, 6) is 1.39. The van der Waals surface area contributed by atoms with Gasteiger partial charge in [-0.1, -0.05) is 37.5 Å². The molecule has 9 heteroatoms. The van der Waals surface area contributed by atoms with E-state index in [1.54, 1.807) is 36.4 Å². The van der Waals surface area contributed by atoms with Crippen LogP contribution in [0, 0.1) is 0 Å². The first-order chi connectivity index (χ1) is 16.5. The Kier molecular flexibility index (Phi) is 9.95. The van der Waals surface area contributed by atoms with Crippen LogP contribution in [0.5, 0.6) is 11.5 Å². The normalized spacial score (nSPS) is 14.4. The minimum absolute atomic E-state index is 0.0192. The van der Waals surface area contributed by atoms with Crippen LogP contribution in [0.1, 0.15) is 38.5 Å². The van der Waals surface area contributed by atoms with Gasteiger partial charge in [-0.3, -0.25) is 9.10 Å². The highest BCUT2D eigenvalue weighted by Crippen LogP contribution is 2.32. The average molecular weight is 507 g/mol. The Labute approximate surface area is 207 Å². The molecule has 0 radical (unpaired) electrons. The van der Waals surface area contributed by atoms with E-state index in [9.17, 15) is 13.2 Å². The topological polar surface area (TPSA) is 84.9 Å². The van der Waals surface area contributed by atoms with Crippen LogP contribution in [0.25, 0.3) is 0 Å². The molecule has 34 heavy (non-hydrogen) atoms. The zero-order valence-electron chi connectivity index (χ0n) is 19.9. The largest absolute Gasteiger partial charge is 0.493 e. The van der Waals surface area contributed by atoms with Gasteiger partial charge in [-0.05, 0) is 49.3 Å². The highest BCUT2D eigenvalue weighted by molar-refractivity contribution is 7.99. The molecular formula is C25H34N2O5S2. The van der Waals surface area contributed by atoms with Crippen LogP contribution in [-0.2, 0) is 14.8 Å². The molecule has 1 aliphatic carbocycles. The molecule has 1 fully saturated rings. The van der Waals surface area contributed by atoms with Crippen molar-refractivity contribution in [3.63, 3.8) is 0 Å². The van der Waals surface area contributed by atoms with Crippen LogP contribution in [0.4, 0.5) is 5.69 Å². The second-order valence-electron chi connectivity index (χ2n) is 8.20. The smallest absolute Gasteiger partial charge is 0.264 e. The number of hydrogen-bond donors (Lipinski definition) is 1. The van der Waals surface area contributed by atoms with E-state index in [1.165, 1.54) is 58.5 Å². The first kappa shape index (κ1) is 26.2. The van der Waals surface area contributed by atoms with Crippen LogP contribution >= 0.6 is 11.8 Å². The van der Waals surface area contributed by atoms with Gasteiger partial charge in [0.15, 0.2) is 11.5 Å². The van der Waals surface area contributed by atoms with E-state index in [0.717, 1.165) is 21.7 Å². The number of nitrogens with zero attached hydrogens (tertiary/aromatic N) is 1. The molecule has 186 valence electrons. The van der Waals surface area contributed by atoms with E-state index in [0.29, 0.717) is 23.7 Å². The number of sulfonamides is 1. The SMILES string of the molecule is COc1ccc(S(=O)(=O)N(CC(=O)NCCCSC2CCCCC2)c2ccccc2)cc1OC. The predicted molar refractivity (Wildman–Crippen MR) is 137 cm³/mol. The Morgan fingerprint density at radius 2 is 1.74 bits per heavy atom. The number of hydrogen-bond acceptors (Lipinski definition) is 6. The first-order valence-electron chi connectivity index (χ1n) is 11.6. The number of carbonyl (C=O) groups is 1. The van der Waals surface area contributed by atoms with Crippen LogP contribution in [0.2, 0.25) is 0 Å². The first-order valence-corrected chi connectivity index (χ1v) is 14.1. The molecule has 0 unspecified atom stereocenters. The highest BCUT2D eigenvalue weighted by Gasteiger charge is 2.28. The number of para-hydroxylation sites is 1. The zero-order chi connectivity index (χ0) is 24.4. The Hall–Kier alpha value is -2.39. The van der Waals surface area contributed by atoms with Crippen molar-refractivity contribution in [1.82, 2.24) is 5.32 Å². The van der Waals surface area contributed by atoms with E-state index in [1.807, 2.05) is 11.8 Å². The number of thioether (sulfide) groups is 1. The number of ether oxygens (including phenoxy) is 2. The van der Waals surface area contributed by atoms with Crippen molar-refractivity contribution in [1.29, 1.82) is 0 Å². The number of amides is 1. The number of nitrogens with one attached hydrogen (secondary N) is 1. The van der Waals surface area contributed by atoms with E-state index in [2.05, 4.69) is 5.32 Å². The van der Waals surface area contributed by atoms with Gasteiger partial charge in [-0.25, -0.2) is 8.42 Å². The van der Waals surface area contributed by atoms with Crippen LogP contribution in [-0.4, -0.2) is 52.6 Å². The van der Waals surface area contributed by atoms with Gasteiger partial charge in [-0.15, -0.1) is 0 Å². The van der Waals surface area contributed by atoms with Gasteiger partial charge in [0.05, 0.1) is 24.8 Å². The molecule has 2 aromatic carbocycles. The molecule has 0 saturated heterocycles. The molecule has 0 bridgehead atoms. The summed E-state index contributed by atoms with van der Waals surface area (Å²) in [6.07, 6.45) is 7.42. The fourth-order valence-corrected chi connectivity index (χ4v) is 6.73. The van der Waals surface area contributed by atoms with Gasteiger partial charge in [-0.2, -0.15) is 11.8 Å². The van der Waals surface area contributed by atoms with Crippen molar-refractivity contribution < 1.29 is 22.7 Å². The summed E-state index contributed by atoms with van der Waals surface area (Å²) in [4.78, 5) is 12.7. The molecule has 1 N–H and O–H groups in total. The quantitative estimate of drug-likeness (QED) is 0.428. The second kappa shape index (κ2) is 12.9. The third-order valence-electron chi connectivity index (χ3n) is 5.82. The van der Waals surface area contributed by atoms with E-state index in [4.69, 9.17) is 9.47 Å². The monoisotopic (exact) mass is 506 g/mol. The van der Waals surface area contributed by atoms with E-state index >= 15 is 0 Å². The molecule has 3 rings (SSSR count). The highest BCUT2D eigenvalue weighted by atomic mass is 32.2. The third-order valence-corrected chi connectivity index (χ3v) is 9.06. The lowest BCUT2D eigenvalue weighted by atomic mass is 10.0. The van der Waals surface area contributed by atoms with Crippen LogP contribution in [0.15, 0.2) is 53.4 Å². The molecule has 0 heterocycles. The predicted octanol–water partition coefficient (Wildman–Crippen LogP) is 4.47. The van der Waals surface area contributed by atoms with Crippen molar-refractivity contribution in [2.75, 3.05) is 37.4 Å². The van der Waals surface area contributed by atoms with Gasteiger partial charge in [0, 0.05) is 17.9 Å². The molecule has 0 aliphatic heterocycles. The average Bonchev–Trinajstić information content (AvgIpc) is 2.87. The third kappa shape index (κ3) is 7.06. The number of anilines is 1. The number of methoxy groups -OCH3 is 2. The summed E-state index contributed by atoms with van der Waals surface area (Å²) in [7, 11) is -1.09. The molecular weight excluding hydrogens is 472 g/mol. The number of rotatable bonds is 12. The summed E-state index contributed by atoms with van der Waals surface area (Å²) >= 11 is 1.99. The van der Waals surface area contributed by atoms with Crippen LogP contribution < -0.4 is 19.1 Å². The van der Waals surface area contributed by atoms with Crippen molar-refractivity contribution in [2.45, 2.75) is 48.7 Å². The summed E-state index contributed by atoms with van der Waals surface area (Å²) in [6, 6.07) is 13.0. The van der Waals surface area contributed by atoms with Gasteiger partial charge in [0.1, 0.15) is 6.54 Å². The molecule has 0 atom stereocenters. The van der Waals surface area contributed by atoms with Crippen molar-refractivity contribution in [3.05, 3.63) is 48.5 Å². The lowest BCUT2D eigenvalue weighted by Crippen LogP contribution is -2.41. The fourth-order valence-electron chi connectivity index (χ4n) is 3.98. The summed E-state index contributed by atoms with van der Waals surface area (Å²) in [6.45, 7) is 0.216. The summed E-state index contributed by atoms with van der Waals surface area (Å²) in [5.41, 5.74) is 0.417. The van der Waals surface area contributed by atoms with Crippen LogP contribution in [0.3, 0.4) is 0 Å². The Morgan fingerprint density at radius 3 is 2.41 bits per heavy atom. The zero-order valence-corrected chi connectivity index (χ0v) is 21.5. The standard InChI is InChI=1S/C25H34N2O5S2/c1-31-23-15-14-22(18-24(23)32-2)34(29,30)27(20-10-5-3-6-11-20)19-25(28)26-16-9-17-33-21-12-7-4-8-13-21/h3,5-6,10-11,14-15,18,21H,4,7-9,12-13,16-17,19H2,1-2H3,(H,26,28). The maximum Gasteiger partial charge on any atom is 0.264 e. The lowest BCUT2D eigenvalue weighted by molar-refractivity contribution is -0.119. The minimum Gasteiger partial charge on any atom is -0.493 e. The maximum absolute atomic E-state index is 13.5. The fraction of sp³-hybridized carbons (Fsp3) is 0.480. The Balaban J connectivity index is 1.66. The number of benzene rings is 2. The molecule has 1 aliphatic rings. The molecule has 2 aromatic rings. The van der Waals surface area contributed by atoms with Crippen molar-refractivity contribution in [3.8, 4) is 11.5 Å². The number of carbonyl (C=O) groups excluding carboxylic acids is 1. The Morgan fingerprint density at radius 1 is 1.03 bits per heavy atom. The van der Waals surface area contributed by atoms with E-state index in [-0.39, 0.29) is 17.3 Å². The van der Waals surface area contributed by atoms with Crippen molar-refractivity contribution >= 4 is 33.4 Å². The van der Waals surface area contributed by atoms with Gasteiger partial charge >= 0.3 is 0 Å². The van der Waals surface area contributed by atoms with E-state index < -0.39 is 10.0 Å². The van der Waals surface area contributed by atoms with Gasteiger partial charge in [0.25, 0.3) is 10.0 Å². The summed E-state index contributed by atoms with van der Waals surface area (Å²) < 4.78 is 38.7. The van der Waals surface area contributed by atoms with Gasteiger partial charge < -0.3 is 14.8 Å².